The second-order valence-corrected chi connectivity index (χ2v) is 3.14. The highest BCUT2D eigenvalue weighted by atomic mass is 16.5. The Morgan fingerprint density at radius 2 is 2.23 bits per heavy atom. The summed E-state index contributed by atoms with van der Waals surface area (Å²) in [7, 11) is 1.54. The molecule has 0 saturated heterocycles. The van der Waals surface area contributed by atoms with Crippen molar-refractivity contribution < 1.29 is 4.74 Å². The molecule has 1 saturated carbocycles. The van der Waals surface area contributed by atoms with E-state index in [2.05, 4.69) is 16.0 Å². The van der Waals surface area contributed by atoms with Crippen LogP contribution < -0.4 is 4.74 Å². The van der Waals surface area contributed by atoms with Crippen LogP contribution in [0.5, 0.6) is 5.88 Å². The first kappa shape index (κ1) is 7.99. The van der Waals surface area contributed by atoms with E-state index in [4.69, 9.17) is 10.00 Å². The molecule has 1 aliphatic carbocycles. The molecule has 0 aliphatic heterocycles. The molecule has 66 valence electrons. The number of methoxy groups -OCH3 is 1. The van der Waals surface area contributed by atoms with Gasteiger partial charge in [-0.05, 0) is 12.8 Å². The third-order valence-electron chi connectivity index (χ3n) is 2.29. The summed E-state index contributed by atoms with van der Waals surface area (Å²) in [6.45, 7) is 0. The van der Waals surface area contributed by atoms with Gasteiger partial charge in [-0.1, -0.05) is 0 Å². The van der Waals surface area contributed by atoms with Gasteiger partial charge in [-0.15, -0.1) is 0 Å². The monoisotopic (exact) mass is 175 g/mol. The number of hydrogen-bond acceptors (Lipinski definition) is 4. The molecule has 4 heteroatoms. The molecule has 1 aromatic rings. The highest BCUT2D eigenvalue weighted by Gasteiger charge is 2.46. The average molecular weight is 175 g/mol. The van der Waals surface area contributed by atoms with Gasteiger partial charge in [0.05, 0.1) is 31.3 Å². The lowest BCUT2D eigenvalue weighted by atomic mass is 10.1. The Kier molecular flexibility index (Phi) is 1.66. The smallest absolute Gasteiger partial charge is 0.231 e. The summed E-state index contributed by atoms with van der Waals surface area (Å²) in [5, 5.41) is 8.89. The molecular weight excluding hydrogens is 166 g/mol. The fraction of sp³-hybridized carbons (Fsp3) is 0.444. The molecular formula is C9H9N3O. The molecule has 0 atom stereocenters. The van der Waals surface area contributed by atoms with Gasteiger partial charge < -0.3 is 4.74 Å². The van der Waals surface area contributed by atoms with Crippen LogP contribution in [-0.4, -0.2) is 17.1 Å². The highest BCUT2D eigenvalue weighted by molar-refractivity contribution is 5.32. The molecule has 0 unspecified atom stereocenters. The van der Waals surface area contributed by atoms with E-state index in [0.29, 0.717) is 5.88 Å². The van der Waals surface area contributed by atoms with Crippen LogP contribution in [0.25, 0.3) is 0 Å². The molecule has 1 heterocycles. The second-order valence-electron chi connectivity index (χ2n) is 3.14. The fourth-order valence-corrected chi connectivity index (χ4v) is 1.22. The largest absolute Gasteiger partial charge is 0.480 e. The third kappa shape index (κ3) is 1.22. The average Bonchev–Trinajstić information content (AvgIpc) is 2.99. The number of nitrogens with zero attached hydrogens (tertiary/aromatic N) is 3. The maximum atomic E-state index is 8.89. The quantitative estimate of drug-likeness (QED) is 0.673. The summed E-state index contributed by atoms with van der Waals surface area (Å²) in [6, 6.07) is 2.26. The highest BCUT2D eigenvalue weighted by Crippen LogP contribution is 2.46. The number of rotatable bonds is 2. The van der Waals surface area contributed by atoms with E-state index in [0.717, 1.165) is 18.5 Å². The molecule has 1 fully saturated rings. The predicted molar refractivity (Wildman–Crippen MR) is 45.1 cm³/mol. The van der Waals surface area contributed by atoms with Gasteiger partial charge in [0.15, 0.2) is 0 Å². The standard InChI is InChI=1S/C9H9N3O/c1-13-8-5-11-7(4-12-8)9(6-10)2-3-9/h4-5H,2-3H2,1H3. The minimum absolute atomic E-state index is 0.348. The first-order chi connectivity index (χ1) is 6.30. The Morgan fingerprint density at radius 3 is 2.62 bits per heavy atom. The first-order valence-electron chi connectivity index (χ1n) is 4.08. The van der Waals surface area contributed by atoms with Crippen molar-refractivity contribution in [2.75, 3.05) is 7.11 Å². The Hall–Kier alpha value is -1.63. The maximum absolute atomic E-state index is 8.89. The van der Waals surface area contributed by atoms with Crippen molar-refractivity contribution in [3.63, 3.8) is 0 Å². The zero-order valence-electron chi connectivity index (χ0n) is 7.32. The zero-order chi connectivity index (χ0) is 9.31. The summed E-state index contributed by atoms with van der Waals surface area (Å²) in [5.41, 5.74) is 0.412. The molecule has 0 bridgehead atoms. The van der Waals surface area contributed by atoms with E-state index < -0.39 is 0 Å². The normalized spacial score (nSPS) is 17.5. The molecule has 0 aromatic carbocycles. The summed E-state index contributed by atoms with van der Waals surface area (Å²) >= 11 is 0. The van der Waals surface area contributed by atoms with Gasteiger partial charge in [-0.25, -0.2) is 4.98 Å². The van der Waals surface area contributed by atoms with Gasteiger partial charge in [0.25, 0.3) is 0 Å². The van der Waals surface area contributed by atoms with E-state index in [1.807, 2.05) is 0 Å². The van der Waals surface area contributed by atoms with Crippen molar-refractivity contribution in [1.29, 1.82) is 5.26 Å². The van der Waals surface area contributed by atoms with E-state index in [1.165, 1.54) is 0 Å². The van der Waals surface area contributed by atoms with Crippen LogP contribution in [0.2, 0.25) is 0 Å². The van der Waals surface area contributed by atoms with Gasteiger partial charge in [0.1, 0.15) is 5.41 Å². The Bertz CT molecular complexity index is 348. The lowest BCUT2D eigenvalue weighted by molar-refractivity contribution is 0.395. The molecule has 2 rings (SSSR count). The number of aromatic nitrogens is 2. The van der Waals surface area contributed by atoms with Crippen LogP contribution in [0, 0.1) is 11.3 Å². The maximum Gasteiger partial charge on any atom is 0.231 e. The lowest BCUT2D eigenvalue weighted by Gasteiger charge is -2.04. The van der Waals surface area contributed by atoms with Crippen molar-refractivity contribution in [2.45, 2.75) is 18.3 Å². The number of nitriles is 1. The molecule has 0 N–H and O–H groups in total. The summed E-state index contributed by atoms with van der Waals surface area (Å²) in [5.74, 6) is 0.484. The minimum Gasteiger partial charge on any atom is -0.480 e. The van der Waals surface area contributed by atoms with Gasteiger partial charge >= 0.3 is 0 Å². The van der Waals surface area contributed by atoms with Crippen molar-refractivity contribution in [2.24, 2.45) is 0 Å². The molecule has 1 aromatic heterocycles. The van der Waals surface area contributed by atoms with E-state index in [9.17, 15) is 0 Å². The Balaban J connectivity index is 2.29. The third-order valence-corrected chi connectivity index (χ3v) is 2.29. The SMILES string of the molecule is COc1cnc(C2(C#N)CC2)cn1. The van der Waals surface area contributed by atoms with Crippen LogP contribution >= 0.6 is 0 Å². The second kappa shape index (κ2) is 2.70. The van der Waals surface area contributed by atoms with Crippen LogP contribution in [0.3, 0.4) is 0 Å². The van der Waals surface area contributed by atoms with Crippen LogP contribution in [0.15, 0.2) is 12.4 Å². The molecule has 0 spiro atoms. The van der Waals surface area contributed by atoms with E-state index in [-0.39, 0.29) is 5.41 Å². The number of hydrogen-bond donors (Lipinski definition) is 0. The van der Waals surface area contributed by atoms with Crippen molar-refractivity contribution in [3.05, 3.63) is 18.1 Å². The summed E-state index contributed by atoms with van der Waals surface area (Å²) in [4.78, 5) is 8.16. The molecule has 13 heavy (non-hydrogen) atoms. The topological polar surface area (TPSA) is 58.8 Å². The van der Waals surface area contributed by atoms with Crippen molar-refractivity contribution >= 4 is 0 Å². The van der Waals surface area contributed by atoms with Gasteiger partial charge in [0.2, 0.25) is 5.88 Å². The van der Waals surface area contributed by atoms with Gasteiger partial charge in [0, 0.05) is 0 Å². The summed E-state index contributed by atoms with van der Waals surface area (Å²) < 4.78 is 4.88. The van der Waals surface area contributed by atoms with Gasteiger partial charge in [-0.2, -0.15) is 5.26 Å². The fourth-order valence-electron chi connectivity index (χ4n) is 1.22. The summed E-state index contributed by atoms with van der Waals surface area (Å²) in [6.07, 6.45) is 4.96. The Morgan fingerprint density at radius 1 is 1.46 bits per heavy atom. The number of ether oxygens (including phenoxy) is 1. The van der Waals surface area contributed by atoms with Crippen LogP contribution in [0.1, 0.15) is 18.5 Å². The molecule has 0 radical (unpaired) electrons. The predicted octanol–water partition coefficient (Wildman–Crippen LogP) is 1.04. The first-order valence-corrected chi connectivity index (χ1v) is 4.08. The molecule has 0 amide bonds. The van der Waals surface area contributed by atoms with Gasteiger partial charge in [-0.3, -0.25) is 4.98 Å². The van der Waals surface area contributed by atoms with E-state index in [1.54, 1.807) is 19.5 Å². The van der Waals surface area contributed by atoms with Crippen molar-refractivity contribution in [3.8, 4) is 11.9 Å². The lowest BCUT2D eigenvalue weighted by Crippen LogP contribution is -2.06. The molecule has 4 nitrogen and oxygen atoms in total. The van der Waals surface area contributed by atoms with Crippen LogP contribution in [0.4, 0.5) is 0 Å². The van der Waals surface area contributed by atoms with E-state index >= 15 is 0 Å². The van der Waals surface area contributed by atoms with Crippen molar-refractivity contribution in [1.82, 2.24) is 9.97 Å². The Labute approximate surface area is 76.2 Å². The van der Waals surface area contributed by atoms with Crippen LogP contribution in [-0.2, 0) is 5.41 Å². The molecule has 1 aliphatic rings. The minimum atomic E-state index is -0.348. The zero-order valence-corrected chi connectivity index (χ0v) is 7.32.